The molecule has 0 aromatic heterocycles. The first-order valence-corrected chi connectivity index (χ1v) is 5.43. The molecule has 1 unspecified atom stereocenters. The van der Waals surface area contributed by atoms with Gasteiger partial charge in [0, 0.05) is 0 Å². The summed E-state index contributed by atoms with van der Waals surface area (Å²) in [5.41, 5.74) is 8.58. The van der Waals surface area contributed by atoms with Crippen LogP contribution < -0.4 is 5.73 Å². The molecule has 1 nitrogen and oxygen atoms in total. The van der Waals surface area contributed by atoms with Crippen molar-refractivity contribution >= 4 is 0 Å². The van der Waals surface area contributed by atoms with Gasteiger partial charge in [-0.3, -0.25) is 0 Å². The summed E-state index contributed by atoms with van der Waals surface area (Å²) in [5, 5.41) is 0. The van der Waals surface area contributed by atoms with Gasteiger partial charge < -0.3 is 5.73 Å². The fourth-order valence-electron chi connectivity index (χ4n) is 1.77. The van der Waals surface area contributed by atoms with Gasteiger partial charge in [-0.1, -0.05) is 45.0 Å². The highest BCUT2D eigenvalue weighted by atomic mass is 14.5. The Morgan fingerprint density at radius 1 is 1.14 bits per heavy atom. The van der Waals surface area contributed by atoms with Crippen molar-refractivity contribution in [2.75, 3.05) is 6.54 Å². The lowest BCUT2D eigenvalue weighted by molar-refractivity contribution is 0.635. The van der Waals surface area contributed by atoms with Gasteiger partial charge in [0.2, 0.25) is 0 Å². The molecule has 14 heavy (non-hydrogen) atoms. The summed E-state index contributed by atoms with van der Waals surface area (Å²) in [6.45, 7) is 7.43. The Morgan fingerprint density at radius 3 is 2.36 bits per heavy atom. The second-order valence-corrected chi connectivity index (χ2v) is 4.43. The molecule has 0 spiro atoms. The van der Waals surface area contributed by atoms with E-state index in [1.54, 1.807) is 0 Å². The maximum absolute atomic E-state index is 5.70. The van der Waals surface area contributed by atoms with Crippen molar-refractivity contribution in [3.05, 3.63) is 35.4 Å². The van der Waals surface area contributed by atoms with Crippen LogP contribution in [0, 0.1) is 5.92 Å². The predicted octanol–water partition coefficient (Wildman–Crippen LogP) is 2.95. The van der Waals surface area contributed by atoms with E-state index in [0.29, 0.717) is 11.8 Å². The Morgan fingerprint density at radius 2 is 1.79 bits per heavy atom. The molecule has 1 aromatic carbocycles. The predicted molar refractivity (Wildman–Crippen MR) is 62.5 cm³/mol. The summed E-state index contributed by atoms with van der Waals surface area (Å²) in [6, 6.07) is 8.65. The van der Waals surface area contributed by atoms with Crippen LogP contribution in [-0.4, -0.2) is 6.54 Å². The van der Waals surface area contributed by atoms with E-state index in [-0.39, 0.29) is 0 Å². The Balaban J connectivity index is 2.91. The minimum atomic E-state index is 0.477. The van der Waals surface area contributed by atoms with Gasteiger partial charge >= 0.3 is 0 Å². The van der Waals surface area contributed by atoms with Crippen LogP contribution >= 0.6 is 0 Å². The van der Waals surface area contributed by atoms with Crippen LogP contribution in [0.5, 0.6) is 0 Å². The Labute approximate surface area is 87.3 Å². The molecule has 1 heteroatoms. The summed E-state index contributed by atoms with van der Waals surface area (Å²) in [6.07, 6.45) is 1.15. The van der Waals surface area contributed by atoms with Crippen molar-refractivity contribution in [2.24, 2.45) is 11.7 Å². The summed E-state index contributed by atoms with van der Waals surface area (Å²) in [7, 11) is 0. The molecule has 2 N–H and O–H groups in total. The van der Waals surface area contributed by atoms with Gasteiger partial charge in [0.15, 0.2) is 0 Å². The van der Waals surface area contributed by atoms with Crippen LogP contribution in [0.25, 0.3) is 0 Å². The van der Waals surface area contributed by atoms with Crippen molar-refractivity contribution in [3.8, 4) is 0 Å². The van der Waals surface area contributed by atoms with Gasteiger partial charge in [0.25, 0.3) is 0 Å². The average molecular weight is 191 g/mol. The van der Waals surface area contributed by atoms with Crippen molar-refractivity contribution in [1.82, 2.24) is 0 Å². The molecule has 0 saturated carbocycles. The molecule has 0 aliphatic heterocycles. The van der Waals surface area contributed by atoms with Crippen LogP contribution in [-0.2, 0) is 6.42 Å². The highest BCUT2D eigenvalue weighted by Gasteiger charge is 2.09. The zero-order valence-corrected chi connectivity index (χ0v) is 9.46. The minimum absolute atomic E-state index is 0.477. The number of hydrogen-bond donors (Lipinski definition) is 1. The largest absolute Gasteiger partial charge is 0.330 e. The number of nitrogens with two attached hydrogens (primary N) is 1. The fourth-order valence-corrected chi connectivity index (χ4v) is 1.77. The highest BCUT2D eigenvalue weighted by molar-refractivity contribution is 5.30. The normalized spacial score (nSPS) is 13.2. The van der Waals surface area contributed by atoms with Gasteiger partial charge in [-0.25, -0.2) is 0 Å². The van der Waals surface area contributed by atoms with Gasteiger partial charge in [-0.05, 0) is 35.9 Å². The second-order valence-electron chi connectivity index (χ2n) is 4.43. The van der Waals surface area contributed by atoms with Crippen LogP contribution in [0.3, 0.4) is 0 Å². The molecule has 0 aliphatic carbocycles. The van der Waals surface area contributed by atoms with Crippen molar-refractivity contribution in [2.45, 2.75) is 33.1 Å². The van der Waals surface area contributed by atoms with E-state index in [1.807, 2.05) is 0 Å². The fraction of sp³-hybridized carbons (Fsp3) is 0.538. The molecular formula is C13H21N. The van der Waals surface area contributed by atoms with Crippen LogP contribution in [0.1, 0.15) is 37.8 Å². The summed E-state index contributed by atoms with van der Waals surface area (Å²) in [4.78, 5) is 0. The molecule has 0 saturated heterocycles. The standard InChI is InChI=1S/C13H21N/c1-10(2)8-12-6-4-5-7-13(12)11(3)9-14/h4-7,10-11H,8-9,14H2,1-3H3. The highest BCUT2D eigenvalue weighted by Crippen LogP contribution is 2.21. The molecule has 0 fully saturated rings. The molecule has 0 aliphatic rings. The summed E-state index contributed by atoms with van der Waals surface area (Å²) >= 11 is 0. The van der Waals surface area contributed by atoms with E-state index in [9.17, 15) is 0 Å². The van der Waals surface area contributed by atoms with E-state index in [4.69, 9.17) is 5.73 Å². The zero-order chi connectivity index (χ0) is 10.6. The second kappa shape index (κ2) is 5.16. The average Bonchev–Trinajstić information content (AvgIpc) is 2.16. The lowest BCUT2D eigenvalue weighted by Crippen LogP contribution is -2.11. The number of hydrogen-bond acceptors (Lipinski definition) is 1. The van der Waals surface area contributed by atoms with Gasteiger partial charge in [0.05, 0.1) is 0 Å². The molecule has 1 aromatic rings. The molecule has 78 valence electrons. The summed E-state index contributed by atoms with van der Waals surface area (Å²) in [5.74, 6) is 1.19. The maximum atomic E-state index is 5.70. The third kappa shape index (κ3) is 2.85. The first kappa shape index (κ1) is 11.3. The Kier molecular flexibility index (Phi) is 4.15. The van der Waals surface area contributed by atoms with Crippen molar-refractivity contribution in [3.63, 3.8) is 0 Å². The number of rotatable bonds is 4. The molecule has 0 heterocycles. The minimum Gasteiger partial charge on any atom is -0.330 e. The van der Waals surface area contributed by atoms with E-state index < -0.39 is 0 Å². The SMILES string of the molecule is CC(C)Cc1ccccc1C(C)CN. The Bertz CT molecular complexity index is 278. The van der Waals surface area contributed by atoms with Gasteiger partial charge in [-0.15, -0.1) is 0 Å². The number of benzene rings is 1. The molecule has 0 bridgehead atoms. The molecule has 0 radical (unpaired) electrons. The van der Waals surface area contributed by atoms with Crippen molar-refractivity contribution < 1.29 is 0 Å². The Hall–Kier alpha value is -0.820. The molecule has 0 amide bonds. The monoisotopic (exact) mass is 191 g/mol. The first-order chi connectivity index (χ1) is 6.65. The third-order valence-corrected chi connectivity index (χ3v) is 2.57. The smallest absolute Gasteiger partial charge is 0.00108 e. The van der Waals surface area contributed by atoms with E-state index in [0.717, 1.165) is 13.0 Å². The quantitative estimate of drug-likeness (QED) is 0.778. The van der Waals surface area contributed by atoms with E-state index in [1.165, 1.54) is 11.1 Å². The van der Waals surface area contributed by atoms with Crippen LogP contribution in [0.15, 0.2) is 24.3 Å². The van der Waals surface area contributed by atoms with E-state index in [2.05, 4.69) is 45.0 Å². The van der Waals surface area contributed by atoms with E-state index >= 15 is 0 Å². The molecular weight excluding hydrogens is 170 g/mol. The topological polar surface area (TPSA) is 26.0 Å². The first-order valence-electron chi connectivity index (χ1n) is 5.43. The lowest BCUT2D eigenvalue weighted by Gasteiger charge is -2.15. The van der Waals surface area contributed by atoms with Gasteiger partial charge in [-0.2, -0.15) is 0 Å². The third-order valence-electron chi connectivity index (χ3n) is 2.57. The zero-order valence-electron chi connectivity index (χ0n) is 9.46. The van der Waals surface area contributed by atoms with Gasteiger partial charge in [0.1, 0.15) is 0 Å². The molecule has 1 rings (SSSR count). The summed E-state index contributed by atoms with van der Waals surface area (Å²) < 4.78 is 0. The maximum Gasteiger partial charge on any atom is -0.00108 e. The lowest BCUT2D eigenvalue weighted by atomic mass is 9.91. The van der Waals surface area contributed by atoms with Crippen LogP contribution in [0.2, 0.25) is 0 Å². The molecule has 1 atom stereocenters. The van der Waals surface area contributed by atoms with Crippen LogP contribution in [0.4, 0.5) is 0 Å². The van der Waals surface area contributed by atoms with Crippen molar-refractivity contribution in [1.29, 1.82) is 0 Å².